The van der Waals surface area contributed by atoms with Gasteiger partial charge in [0.2, 0.25) is 11.7 Å². The van der Waals surface area contributed by atoms with Crippen LogP contribution in [0.2, 0.25) is 5.02 Å². The Morgan fingerprint density at radius 3 is 2.83 bits per heavy atom. The Labute approximate surface area is 180 Å². The molecule has 0 aliphatic heterocycles. The van der Waals surface area contributed by atoms with E-state index in [0.29, 0.717) is 22.3 Å². The molecular weight excluding hydrogens is 402 g/mol. The number of halogens is 1. The topological polar surface area (TPSA) is 68.5 Å². The van der Waals surface area contributed by atoms with E-state index in [1.807, 2.05) is 30.3 Å². The number of carbonyl (C=O) groups excluding carboxylic acids is 1. The van der Waals surface area contributed by atoms with E-state index in [1.165, 1.54) is 22.4 Å². The Morgan fingerprint density at radius 2 is 2.00 bits per heavy atom. The van der Waals surface area contributed by atoms with Gasteiger partial charge in [0, 0.05) is 12.6 Å². The molecule has 1 amide bonds. The lowest BCUT2D eigenvalue weighted by Gasteiger charge is -2.24. The average Bonchev–Trinajstić information content (AvgIpc) is 3.22. The van der Waals surface area contributed by atoms with Crippen molar-refractivity contribution in [2.75, 3.05) is 7.05 Å². The van der Waals surface area contributed by atoms with Gasteiger partial charge in [-0.15, -0.1) is 0 Å². The van der Waals surface area contributed by atoms with Gasteiger partial charge in [0.1, 0.15) is 5.75 Å². The number of benzene rings is 2. The van der Waals surface area contributed by atoms with Gasteiger partial charge in [-0.1, -0.05) is 41.0 Å². The quantitative estimate of drug-likeness (QED) is 0.572. The van der Waals surface area contributed by atoms with Gasteiger partial charge in [0.25, 0.3) is 5.91 Å². The van der Waals surface area contributed by atoms with Gasteiger partial charge in [-0.2, -0.15) is 4.98 Å². The van der Waals surface area contributed by atoms with Crippen LogP contribution in [0.5, 0.6) is 5.75 Å². The monoisotopic (exact) mass is 425 g/mol. The molecule has 4 rings (SSSR count). The molecule has 1 atom stereocenters. The van der Waals surface area contributed by atoms with E-state index in [-0.39, 0.29) is 12.5 Å². The van der Waals surface area contributed by atoms with Crippen molar-refractivity contribution >= 4 is 17.5 Å². The van der Waals surface area contributed by atoms with Crippen LogP contribution in [0, 0.1) is 0 Å². The third-order valence-corrected chi connectivity index (χ3v) is 5.67. The van der Waals surface area contributed by atoms with Crippen LogP contribution in [0.4, 0.5) is 0 Å². The van der Waals surface area contributed by atoms with Crippen molar-refractivity contribution in [1.29, 1.82) is 0 Å². The Kier molecular flexibility index (Phi) is 6.04. The van der Waals surface area contributed by atoms with E-state index in [9.17, 15) is 4.79 Å². The first kappa shape index (κ1) is 20.4. The highest BCUT2D eigenvalue weighted by Gasteiger charge is 2.23. The maximum Gasteiger partial charge on any atom is 0.263 e. The minimum atomic E-state index is -0.616. The first-order chi connectivity index (χ1) is 14.5. The second kappa shape index (κ2) is 8.88. The summed E-state index contributed by atoms with van der Waals surface area (Å²) in [6, 6.07) is 13.4. The molecule has 0 saturated carbocycles. The van der Waals surface area contributed by atoms with Crippen LogP contribution in [-0.2, 0) is 24.2 Å². The second-order valence-electron chi connectivity index (χ2n) is 7.55. The predicted octanol–water partition coefficient (Wildman–Crippen LogP) is 4.69. The molecule has 1 aliphatic carbocycles. The number of aryl methyl sites for hydroxylation is 1. The average molecular weight is 426 g/mol. The number of amides is 1. The lowest BCUT2D eigenvalue weighted by molar-refractivity contribution is -0.137. The van der Waals surface area contributed by atoms with Crippen molar-refractivity contribution in [3.63, 3.8) is 0 Å². The Hall–Kier alpha value is -2.86. The van der Waals surface area contributed by atoms with Gasteiger partial charge in [-0.3, -0.25) is 4.79 Å². The minimum Gasteiger partial charge on any atom is -0.481 e. The first-order valence-corrected chi connectivity index (χ1v) is 10.5. The minimum absolute atomic E-state index is 0.152. The number of aromatic nitrogens is 2. The SMILES string of the molecule is C[C@H](Oc1cccc2c1CCCC2)C(=O)N(C)Cc1nc(-c2ccccc2Cl)no1. The largest absolute Gasteiger partial charge is 0.481 e. The van der Waals surface area contributed by atoms with Crippen LogP contribution in [0.3, 0.4) is 0 Å². The van der Waals surface area contributed by atoms with E-state index >= 15 is 0 Å². The normalized spacial score (nSPS) is 14.1. The first-order valence-electron chi connectivity index (χ1n) is 10.1. The molecule has 0 spiro atoms. The van der Waals surface area contributed by atoms with Crippen LogP contribution in [0.15, 0.2) is 47.0 Å². The molecule has 2 aromatic carbocycles. The van der Waals surface area contributed by atoms with Gasteiger partial charge in [0.15, 0.2) is 6.10 Å². The van der Waals surface area contributed by atoms with E-state index in [1.54, 1.807) is 20.0 Å². The summed E-state index contributed by atoms with van der Waals surface area (Å²) in [6.07, 6.45) is 3.80. The zero-order valence-electron chi connectivity index (χ0n) is 17.1. The molecule has 0 fully saturated rings. The smallest absolute Gasteiger partial charge is 0.263 e. The fourth-order valence-electron chi connectivity index (χ4n) is 3.76. The fraction of sp³-hybridized carbons (Fsp3) is 0.348. The number of likely N-dealkylation sites (N-methyl/N-ethyl adjacent to an activating group) is 1. The highest BCUT2D eigenvalue weighted by molar-refractivity contribution is 6.33. The van der Waals surface area contributed by atoms with Gasteiger partial charge in [-0.25, -0.2) is 0 Å². The van der Waals surface area contributed by atoms with Crippen molar-refractivity contribution in [1.82, 2.24) is 15.0 Å². The van der Waals surface area contributed by atoms with Crippen molar-refractivity contribution in [2.24, 2.45) is 0 Å². The molecule has 0 saturated heterocycles. The third-order valence-electron chi connectivity index (χ3n) is 5.34. The number of hydrogen-bond donors (Lipinski definition) is 0. The van der Waals surface area contributed by atoms with E-state index in [0.717, 1.165) is 25.0 Å². The van der Waals surface area contributed by atoms with Crippen LogP contribution in [0.25, 0.3) is 11.4 Å². The molecule has 0 bridgehead atoms. The van der Waals surface area contributed by atoms with E-state index in [4.69, 9.17) is 20.9 Å². The molecule has 1 aliphatic rings. The molecule has 1 heterocycles. The zero-order valence-corrected chi connectivity index (χ0v) is 17.9. The molecule has 0 unspecified atom stereocenters. The summed E-state index contributed by atoms with van der Waals surface area (Å²) in [7, 11) is 1.70. The van der Waals surface area contributed by atoms with Gasteiger partial charge < -0.3 is 14.2 Å². The standard InChI is InChI=1S/C23H24ClN3O3/c1-15(29-20-13-7-9-16-8-3-4-10-17(16)20)23(28)27(2)14-21-25-22(26-30-21)18-11-5-6-12-19(18)24/h5-7,9,11-13,15H,3-4,8,10,14H2,1-2H3/t15-/m0/s1. The van der Waals surface area contributed by atoms with Crippen LogP contribution < -0.4 is 4.74 Å². The molecule has 0 radical (unpaired) electrons. The highest BCUT2D eigenvalue weighted by Crippen LogP contribution is 2.30. The van der Waals surface area contributed by atoms with Crippen LogP contribution >= 0.6 is 11.6 Å². The predicted molar refractivity (Wildman–Crippen MR) is 114 cm³/mol. The van der Waals surface area contributed by atoms with Crippen molar-refractivity contribution in [3.8, 4) is 17.1 Å². The molecule has 30 heavy (non-hydrogen) atoms. The Balaban J connectivity index is 1.41. The highest BCUT2D eigenvalue weighted by atomic mass is 35.5. The molecule has 7 heteroatoms. The molecule has 156 valence electrons. The van der Waals surface area contributed by atoms with Crippen molar-refractivity contribution in [3.05, 3.63) is 64.5 Å². The lowest BCUT2D eigenvalue weighted by Crippen LogP contribution is -2.37. The summed E-state index contributed by atoms with van der Waals surface area (Å²) in [5, 5.41) is 4.52. The number of ether oxygens (including phenoxy) is 1. The Morgan fingerprint density at radius 1 is 1.20 bits per heavy atom. The summed E-state index contributed by atoms with van der Waals surface area (Å²) in [4.78, 5) is 18.7. The molecular formula is C23H24ClN3O3. The molecule has 0 N–H and O–H groups in total. The van der Waals surface area contributed by atoms with E-state index < -0.39 is 6.10 Å². The number of hydrogen-bond acceptors (Lipinski definition) is 5. The summed E-state index contributed by atoms with van der Waals surface area (Å²) in [5.74, 6) is 1.39. The number of rotatable bonds is 6. The van der Waals surface area contributed by atoms with Crippen molar-refractivity contribution < 1.29 is 14.1 Å². The third kappa shape index (κ3) is 4.33. The maximum atomic E-state index is 12.8. The van der Waals surface area contributed by atoms with Crippen LogP contribution in [0.1, 0.15) is 36.8 Å². The van der Waals surface area contributed by atoms with Gasteiger partial charge in [-0.05, 0) is 61.9 Å². The maximum absolute atomic E-state index is 12.8. The number of carbonyl (C=O) groups is 1. The summed E-state index contributed by atoms with van der Waals surface area (Å²) < 4.78 is 11.4. The Bertz CT molecular complexity index is 1050. The van der Waals surface area contributed by atoms with Gasteiger partial charge in [0.05, 0.1) is 11.6 Å². The summed E-state index contributed by atoms with van der Waals surface area (Å²) in [5.41, 5.74) is 3.24. The molecule has 1 aromatic heterocycles. The number of fused-ring (bicyclic) bond motifs is 1. The molecule has 3 aromatic rings. The van der Waals surface area contributed by atoms with Crippen molar-refractivity contribution in [2.45, 2.75) is 45.3 Å². The fourth-order valence-corrected chi connectivity index (χ4v) is 3.98. The summed E-state index contributed by atoms with van der Waals surface area (Å²) >= 11 is 6.19. The van der Waals surface area contributed by atoms with Gasteiger partial charge >= 0.3 is 0 Å². The second-order valence-corrected chi connectivity index (χ2v) is 7.95. The molecule has 6 nitrogen and oxygen atoms in total. The van der Waals surface area contributed by atoms with E-state index in [2.05, 4.69) is 16.2 Å². The number of nitrogens with zero attached hydrogens (tertiary/aromatic N) is 3. The summed E-state index contributed by atoms with van der Waals surface area (Å²) in [6.45, 7) is 1.96. The zero-order chi connectivity index (χ0) is 21.1. The lowest BCUT2D eigenvalue weighted by atomic mass is 9.91. The van der Waals surface area contributed by atoms with Crippen LogP contribution in [-0.4, -0.2) is 34.1 Å².